The number of nitrogens with one attached hydrogen (secondary N) is 1. The van der Waals surface area contributed by atoms with Gasteiger partial charge in [-0.2, -0.15) is 0 Å². The number of carbonyl (C=O) groups excluding carboxylic acids is 1. The maximum absolute atomic E-state index is 12.4. The van der Waals surface area contributed by atoms with E-state index in [0.29, 0.717) is 25.3 Å². The third-order valence-electron chi connectivity index (χ3n) is 3.64. The third kappa shape index (κ3) is 5.30. The summed E-state index contributed by atoms with van der Waals surface area (Å²) >= 11 is 0. The highest BCUT2D eigenvalue weighted by molar-refractivity contribution is 5.81. The molecule has 2 aromatic rings. The summed E-state index contributed by atoms with van der Waals surface area (Å²) < 4.78 is 11.3. The first-order valence-corrected chi connectivity index (χ1v) is 8.35. The zero-order valence-corrected chi connectivity index (χ0v) is 14.5. The van der Waals surface area contributed by atoms with E-state index in [2.05, 4.69) is 5.32 Å². The van der Waals surface area contributed by atoms with Gasteiger partial charge in [0.2, 0.25) is 0 Å². The number of hydrogen-bond donors (Lipinski definition) is 1. The van der Waals surface area contributed by atoms with E-state index in [9.17, 15) is 4.79 Å². The molecule has 4 nitrogen and oxygen atoms in total. The normalized spacial score (nSPS) is 11.6. The zero-order chi connectivity index (χ0) is 17.4. The van der Waals surface area contributed by atoms with Gasteiger partial charge >= 0.3 is 0 Å². The van der Waals surface area contributed by atoms with Crippen LogP contribution in [-0.4, -0.2) is 18.6 Å². The minimum Gasteiger partial charge on any atom is -0.494 e. The lowest BCUT2D eigenvalue weighted by molar-refractivity contribution is -0.128. The summed E-state index contributed by atoms with van der Waals surface area (Å²) in [5.74, 6) is 1.41. The topological polar surface area (TPSA) is 47.6 Å². The van der Waals surface area contributed by atoms with Crippen molar-refractivity contribution in [2.75, 3.05) is 6.61 Å². The predicted molar refractivity (Wildman–Crippen MR) is 95.3 cm³/mol. The lowest BCUT2D eigenvalue weighted by atomic mass is 10.2. The molecular formula is C20H25NO3. The molecule has 1 unspecified atom stereocenters. The van der Waals surface area contributed by atoms with Crippen molar-refractivity contribution < 1.29 is 14.3 Å². The fraction of sp³-hybridized carbons (Fsp3) is 0.350. The Balaban J connectivity index is 1.91. The molecule has 1 N–H and O–H groups in total. The van der Waals surface area contributed by atoms with Crippen LogP contribution in [0, 0.1) is 6.92 Å². The van der Waals surface area contributed by atoms with Crippen LogP contribution in [0.25, 0.3) is 0 Å². The highest BCUT2D eigenvalue weighted by Crippen LogP contribution is 2.16. The maximum Gasteiger partial charge on any atom is 0.261 e. The molecular weight excluding hydrogens is 302 g/mol. The number of benzene rings is 2. The van der Waals surface area contributed by atoms with Crippen molar-refractivity contribution >= 4 is 5.91 Å². The van der Waals surface area contributed by atoms with Gasteiger partial charge < -0.3 is 14.8 Å². The van der Waals surface area contributed by atoms with Gasteiger partial charge in [0.05, 0.1) is 6.61 Å². The van der Waals surface area contributed by atoms with Gasteiger partial charge in [-0.3, -0.25) is 4.79 Å². The molecule has 4 heteroatoms. The number of aryl methyl sites for hydroxylation is 1. The average molecular weight is 327 g/mol. The second-order valence-corrected chi connectivity index (χ2v) is 5.63. The Morgan fingerprint density at radius 2 is 1.83 bits per heavy atom. The minimum atomic E-state index is -0.497. The Hall–Kier alpha value is -2.49. The molecule has 0 saturated carbocycles. The first kappa shape index (κ1) is 17.9. The Labute approximate surface area is 143 Å². The van der Waals surface area contributed by atoms with Crippen LogP contribution in [0.5, 0.6) is 11.5 Å². The van der Waals surface area contributed by atoms with E-state index in [1.54, 1.807) is 0 Å². The van der Waals surface area contributed by atoms with Crippen LogP contribution in [0.2, 0.25) is 0 Å². The largest absolute Gasteiger partial charge is 0.494 e. The van der Waals surface area contributed by atoms with Crippen molar-refractivity contribution in [3.05, 3.63) is 59.7 Å². The molecule has 0 aromatic heterocycles. The van der Waals surface area contributed by atoms with Crippen molar-refractivity contribution in [3.63, 3.8) is 0 Å². The molecule has 1 atom stereocenters. The van der Waals surface area contributed by atoms with Crippen molar-refractivity contribution in [1.29, 1.82) is 0 Å². The van der Waals surface area contributed by atoms with Crippen molar-refractivity contribution in [3.8, 4) is 11.5 Å². The van der Waals surface area contributed by atoms with Crippen LogP contribution in [0.15, 0.2) is 48.5 Å². The summed E-state index contributed by atoms with van der Waals surface area (Å²) in [5, 5.41) is 2.93. The van der Waals surface area contributed by atoms with Gasteiger partial charge in [0.25, 0.3) is 5.91 Å². The molecule has 2 rings (SSSR count). The molecule has 0 aliphatic heterocycles. The second kappa shape index (κ2) is 8.96. The Morgan fingerprint density at radius 3 is 2.50 bits per heavy atom. The van der Waals surface area contributed by atoms with Crippen LogP contribution >= 0.6 is 0 Å². The lowest BCUT2D eigenvalue weighted by Crippen LogP contribution is -2.37. The molecule has 0 heterocycles. The van der Waals surface area contributed by atoms with E-state index in [-0.39, 0.29) is 5.91 Å². The summed E-state index contributed by atoms with van der Waals surface area (Å²) in [6.07, 6.45) is 0.112. The SMILES string of the molecule is CCOc1cccc(CNC(=O)C(CC)Oc2ccc(C)cc2)c1. The highest BCUT2D eigenvalue weighted by atomic mass is 16.5. The number of ether oxygens (including phenoxy) is 2. The number of hydrogen-bond acceptors (Lipinski definition) is 3. The quantitative estimate of drug-likeness (QED) is 0.801. The van der Waals surface area contributed by atoms with Crippen LogP contribution < -0.4 is 14.8 Å². The van der Waals surface area contributed by atoms with Gasteiger partial charge in [-0.05, 0) is 50.1 Å². The van der Waals surface area contributed by atoms with Gasteiger partial charge in [0, 0.05) is 6.54 Å². The van der Waals surface area contributed by atoms with Gasteiger partial charge in [-0.25, -0.2) is 0 Å². The molecule has 0 fully saturated rings. The average Bonchev–Trinajstić information content (AvgIpc) is 2.60. The summed E-state index contributed by atoms with van der Waals surface area (Å²) in [6, 6.07) is 15.4. The van der Waals surface area contributed by atoms with E-state index in [1.165, 1.54) is 0 Å². The van der Waals surface area contributed by atoms with E-state index >= 15 is 0 Å². The summed E-state index contributed by atoms with van der Waals surface area (Å²) in [4.78, 5) is 12.4. The summed E-state index contributed by atoms with van der Waals surface area (Å²) in [5.41, 5.74) is 2.16. The van der Waals surface area contributed by atoms with E-state index in [0.717, 1.165) is 16.9 Å². The van der Waals surface area contributed by atoms with Gasteiger partial charge in [0.1, 0.15) is 11.5 Å². The Morgan fingerprint density at radius 1 is 1.08 bits per heavy atom. The van der Waals surface area contributed by atoms with Crippen LogP contribution in [0.3, 0.4) is 0 Å². The molecule has 0 aliphatic rings. The number of carbonyl (C=O) groups is 1. The van der Waals surface area contributed by atoms with Gasteiger partial charge in [0.15, 0.2) is 6.10 Å². The van der Waals surface area contributed by atoms with Crippen molar-refractivity contribution in [1.82, 2.24) is 5.32 Å². The molecule has 0 radical (unpaired) electrons. The summed E-state index contributed by atoms with van der Waals surface area (Å²) in [6.45, 7) is 6.98. The first-order chi connectivity index (χ1) is 11.6. The van der Waals surface area contributed by atoms with E-state index < -0.39 is 6.10 Å². The van der Waals surface area contributed by atoms with E-state index in [4.69, 9.17) is 9.47 Å². The monoisotopic (exact) mass is 327 g/mol. The predicted octanol–water partition coefficient (Wildman–Crippen LogP) is 3.87. The first-order valence-electron chi connectivity index (χ1n) is 8.35. The molecule has 2 aromatic carbocycles. The molecule has 0 bridgehead atoms. The smallest absolute Gasteiger partial charge is 0.261 e. The molecule has 1 amide bonds. The summed E-state index contributed by atoms with van der Waals surface area (Å²) in [7, 11) is 0. The lowest BCUT2D eigenvalue weighted by Gasteiger charge is -2.17. The number of amides is 1. The number of rotatable bonds is 8. The second-order valence-electron chi connectivity index (χ2n) is 5.63. The molecule has 0 saturated heterocycles. The van der Waals surface area contributed by atoms with Crippen LogP contribution in [-0.2, 0) is 11.3 Å². The Kier molecular flexibility index (Phi) is 6.67. The minimum absolute atomic E-state index is 0.111. The maximum atomic E-state index is 12.4. The van der Waals surface area contributed by atoms with E-state index in [1.807, 2.05) is 69.3 Å². The molecule has 24 heavy (non-hydrogen) atoms. The van der Waals surface area contributed by atoms with Crippen molar-refractivity contribution in [2.45, 2.75) is 39.8 Å². The molecule has 128 valence electrons. The standard InChI is InChI=1S/C20H25NO3/c1-4-19(24-17-11-9-15(3)10-12-17)20(22)21-14-16-7-6-8-18(13-16)23-5-2/h6-13,19H,4-5,14H2,1-3H3,(H,21,22). The Bertz CT molecular complexity index is 652. The van der Waals surface area contributed by atoms with Crippen LogP contribution in [0.1, 0.15) is 31.4 Å². The highest BCUT2D eigenvalue weighted by Gasteiger charge is 2.18. The fourth-order valence-electron chi connectivity index (χ4n) is 2.32. The fourth-order valence-corrected chi connectivity index (χ4v) is 2.32. The zero-order valence-electron chi connectivity index (χ0n) is 14.5. The van der Waals surface area contributed by atoms with Crippen LogP contribution in [0.4, 0.5) is 0 Å². The van der Waals surface area contributed by atoms with Gasteiger partial charge in [-0.15, -0.1) is 0 Å². The molecule has 0 aliphatic carbocycles. The van der Waals surface area contributed by atoms with Gasteiger partial charge in [-0.1, -0.05) is 36.8 Å². The third-order valence-corrected chi connectivity index (χ3v) is 3.64. The molecule has 0 spiro atoms. The van der Waals surface area contributed by atoms with Crippen molar-refractivity contribution in [2.24, 2.45) is 0 Å².